The first kappa shape index (κ1) is 14.2. The lowest BCUT2D eigenvalue weighted by Gasteiger charge is -2.31. The number of hydrogen-bond donors (Lipinski definition) is 1. The Balaban J connectivity index is 1.81. The molecule has 4 heteroatoms. The summed E-state index contributed by atoms with van der Waals surface area (Å²) in [5.41, 5.74) is 1.06. The number of benzene rings is 1. The van der Waals surface area contributed by atoms with E-state index in [1.165, 1.54) is 19.3 Å². The first-order valence-corrected chi connectivity index (χ1v) is 7.30. The molecule has 1 N–H and O–H groups in total. The topological polar surface area (TPSA) is 32.3 Å². The van der Waals surface area contributed by atoms with E-state index < -0.39 is 0 Å². The maximum Gasteiger partial charge on any atom is 0.317 e. The fourth-order valence-electron chi connectivity index (χ4n) is 2.54. The molecule has 1 aliphatic rings. The molecule has 0 radical (unpaired) electrons. The molecule has 0 atom stereocenters. The molecule has 2 amide bonds. The van der Waals surface area contributed by atoms with E-state index in [9.17, 15) is 4.79 Å². The van der Waals surface area contributed by atoms with Gasteiger partial charge in [0.25, 0.3) is 0 Å². The standard InChI is InChI=1S/C15H21ClN2O/c1-18(14-5-3-2-4-6-14)15(19)17-11-12-7-9-13(16)10-8-12/h7-10,14H,2-6,11H2,1H3,(H,17,19). The molecule has 1 fully saturated rings. The van der Waals surface area contributed by atoms with Gasteiger partial charge < -0.3 is 10.2 Å². The van der Waals surface area contributed by atoms with Crippen LogP contribution in [0.25, 0.3) is 0 Å². The Labute approximate surface area is 119 Å². The number of amides is 2. The van der Waals surface area contributed by atoms with Gasteiger partial charge in [-0.3, -0.25) is 0 Å². The minimum absolute atomic E-state index is 0.0156. The van der Waals surface area contributed by atoms with Crippen molar-refractivity contribution in [2.45, 2.75) is 44.7 Å². The Morgan fingerprint density at radius 1 is 1.26 bits per heavy atom. The van der Waals surface area contributed by atoms with Crippen molar-refractivity contribution < 1.29 is 4.79 Å². The predicted molar refractivity (Wildman–Crippen MR) is 78.3 cm³/mol. The highest BCUT2D eigenvalue weighted by molar-refractivity contribution is 6.30. The summed E-state index contributed by atoms with van der Waals surface area (Å²) in [4.78, 5) is 13.9. The van der Waals surface area contributed by atoms with Crippen molar-refractivity contribution in [1.29, 1.82) is 0 Å². The molecule has 1 aromatic rings. The minimum atomic E-state index is 0.0156. The van der Waals surface area contributed by atoms with Crippen molar-refractivity contribution in [3.63, 3.8) is 0 Å². The molecule has 104 valence electrons. The Morgan fingerprint density at radius 2 is 1.89 bits per heavy atom. The Hall–Kier alpha value is -1.22. The van der Waals surface area contributed by atoms with Crippen LogP contribution in [0.5, 0.6) is 0 Å². The highest BCUT2D eigenvalue weighted by atomic mass is 35.5. The van der Waals surface area contributed by atoms with Crippen LogP contribution in [0.15, 0.2) is 24.3 Å². The zero-order chi connectivity index (χ0) is 13.7. The number of carbonyl (C=O) groups excluding carboxylic acids is 1. The first-order valence-electron chi connectivity index (χ1n) is 6.92. The smallest absolute Gasteiger partial charge is 0.317 e. The summed E-state index contributed by atoms with van der Waals surface area (Å²) < 4.78 is 0. The lowest BCUT2D eigenvalue weighted by molar-refractivity contribution is 0.173. The van der Waals surface area contributed by atoms with E-state index in [1.807, 2.05) is 36.2 Å². The molecule has 2 rings (SSSR count). The van der Waals surface area contributed by atoms with Crippen LogP contribution in [0.1, 0.15) is 37.7 Å². The highest BCUT2D eigenvalue weighted by Crippen LogP contribution is 2.21. The molecular formula is C15H21ClN2O. The second-order valence-corrected chi connectivity index (χ2v) is 5.62. The van der Waals surface area contributed by atoms with Gasteiger partial charge in [-0.25, -0.2) is 4.79 Å². The number of rotatable bonds is 3. The van der Waals surface area contributed by atoms with Gasteiger partial charge in [-0.2, -0.15) is 0 Å². The zero-order valence-corrected chi connectivity index (χ0v) is 12.1. The molecule has 0 aromatic heterocycles. The number of nitrogens with one attached hydrogen (secondary N) is 1. The monoisotopic (exact) mass is 280 g/mol. The fourth-order valence-corrected chi connectivity index (χ4v) is 2.66. The van der Waals surface area contributed by atoms with Gasteiger partial charge in [0.1, 0.15) is 0 Å². The van der Waals surface area contributed by atoms with Crippen molar-refractivity contribution in [3.05, 3.63) is 34.9 Å². The molecule has 0 saturated heterocycles. The predicted octanol–water partition coefficient (Wildman–Crippen LogP) is 3.81. The van der Waals surface area contributed by atoms with Crippen LogP contribution >= 0.6 is 11.6 Å². The molecule has 0 bridgehead atoms. The van der Waals surface area contributed by atoms with Crippen LogP contribution < -0.4 is 5.32 Å². The maximum atomic E-state index is 12.1. The molecule has 3 nitrogen and oxygen atoms in total. The molecule has 1 saturated carbocycles. The number of hydrogen-bond acceptors (Lipinski definition) is 1. The summed E-state index contributed by atoms with van der Waals surface area (Å²) in [5.74, 6) is 0. The van der Waals surface area contributed by atoms with E-state index in [0.717, 1.165) is 23.4 Å². The number of carbonyl (C=O) groups is 1. The van der Waals surface area contributed by atoms with Crippen LogP contribution in [0.4, 0.5) is 4.79 Å². The number of nitrogens with zero attached hydrogens (tertiary/aromatic N) is 1. The molecule has 1 aliphatic carbocycles. The highest BCUT2D eigenvalue weighted by Gasteiger charge is 2.21. The lowest BCUT2D eigenvalue weighted by Crippen LogP contribution is -2.44. The Kier molecular flexibility index (Phi) is 5.08. The summed E-state index contributed by atoms with van der Waals surface area (Å²) in [6.45, 7) is 0.549. The zero-order valence-electron chi connectivity index (χ0n) is 11.4. The minimum Gasteiger partial charge on any atom is -0.334 e. The van der Waals surface area contributed by atoms with E-state index in [2.05, 4.69) is 5.32 Å². The van der Waals surface area contributed by atoms with Crippen molar-refractivity contribution >= 4 is 17.6 Å². The largest absolute Gasteiger partial charge is 0.334 e. The number of halogens is 1. The van der Waals surface area contributed by atoms with Crippen molar-refractivity contribution in [1.82, 2.24) is 10.2 Å². The third kappa shape index (κ3) is 4.13. The van der Waals surface area contributed by atoms with Crippen LogP contribution in [0.2, 0.25) is 5.02 Å². The second-order valence-electron chi connectivity index (χ2n) is 5.19. The summed E-state index contributed by atoms with van der Waals surface area (Å²) in [6.07, 6.45) is 6.03. The van der Waals surface area contributed by atoms with Gasteiger partial charge in [0.2, 0.25) is 0 Å². The van der Waals surface area contributed by atoms with E-state index in [4.69, 9.17) is 11.6 Å². The van der Waals surface area contributed by atoms with Crippen molar-refractivity contribution in [2.24, 2.45) is 0 Å². The van der Waals surface area contributed by atoms with Gasteiger partial charge in [0, 0.05) is 24.7 Å². The SMILES string of the molecule is CN(C(=O)NCc1ccc(Cl)cc1)C1CCCCC1. The van der Waals surface area contributed by atoms with E-state index in [-0.39, 0.29) is 6.03 Å². The second kappa shape index (κ2) is 6.80. The first-order chi connectivity index (χ1) is 9.16. The van der Waals surface area contributed by atoms with Gasteiger partial charge >= 0.3 is 6.03 Å². The van der Waals surface area contributed by atoms with Crippen LogP contribution in [0, 0.1) is 0 Å². The average molecular weight is 281 g/mol. The summed E-state index contributed by atoms with van der Waals surface area (Å²) in [5, 5.41) is 3.68. The van der Waals surface area contributed by atoms with E-state index in [0.29, 0.717) is 12.6 Å². The molecular weight excluding hydrogens is 260 g/mol. The summed E-state index contributed by atoms with van der Waals surface area (Å²) >= 11 is 5.83. The fraction of sp³-hybridized carbons (Fsp3) is 0.533. The molecule has 19 heavy (non-hydrogen) atoms. The maximum absolute atomic E-state index is 12.1. The molecule has 0 heterocycles. The quantitative estimate of drug-likeness (QED) is 0.897. The summed E-state index contributed by atoms with van der Waals surface area (Å²) in [6, 6.07) is 7.97. The molecule has 0 unspecified atom stereocenters. The molecule has 1 aromatic carbocycles. The average Bonchev–Trinajstić information content (AvgIpc) is 2.46. The van der Waals surface area contributed by atoms with Gasteiger partial charge in [-0.15, -0.1) is 0 Å². The Bertz CT molecular complexity index is 413. The normalized spacial score (nSPS) is 16.1. The van der Waals surface area contributed by atoms with Crippen LogP contribution in [0.3, 0.4) is 0 Å². The van der Waals surface area contributed by atoms with Crippen LogP contribution in [-0.2, 0) is 6.54 Å². The van der Waals surface area contributed by atoms with E-state index >= 15 is 0 Å². The van der Waals surface area contributed by atoms with Gasteiger partial charge in [-0.05, 0) is 30.5 Å². The number of urea groups is 1. The third-order valence-electron chi connectivity index (χ3n) is 3.80. The van der Waals surface area contributed by atoms with E-state index in [1.54, 1.807) is 0 Å². The van der Waals surface area contributed by atoms with Gasteiger partial charge in [-0.1, -0.05) is 43.0 Å². The third-order valence-corrected chi connectivity index (χ3v) is 4.05. The van der Waals surface area contributed by atoms with Gasteiger partial charge in [0.15, 0.2) is 0 Å². The summed E-state index contributed by atoms with van der Waals surface area (Å²) in [7, 11) is 1.90. The molecule has 0 spiro atoms. The van der Waals surface area contributed by atoms with Crippen molar-refractivity contribution in [2.75, 3.05) is 7.05 Å². The van der Waals surface area contributed by atoms with Gasteiger partial charge in [0.05, 0.1) is 0 Å². The Morgan fingerprint density at radius 3 is 2.53 bits per heavy atom. The lowest BCUT2D eigenvalue weighted by atomic mass is 9.95. The van der Waals surface area contributed by atoms with Crippen molar-refractivity contribution in [3.8, 4) is 0 Å². The molecule has 0 aliphatic heterocycles. The van der Waals surface area contributed by atoms with Crippen LogP contribution in [-0.4, -0.2) is 24.0 Å².